The van der Waals surface area contributed by atoms with E-state index in [4.69, 9.17) is 9.84 Å². The number of amides is 1. The SMILES string of the molecule is CCC(CC)n1nc(C(=O)NCCc2ccc(C(=O)O)cc2OC)cc1C. The van der Waals surface area contributed by atoms with Crippen LogP contribution in [0.15, 0.2) is 24.3 Å². The number of aromatic nitrogens is 2. The molecule has 0 aliphatic rings. The number of nitrogens with one attached hydrogen (secondary N) is 1. The lowest BCUT2D eigenvalue weighted by atomic mass is 10.1. The van der Waals surface area contributed by atoms with Crippen LogP contribution in [0.4, 0.5) is 0 Å². The number of carbonyl (C=O) groups is 2. The van der Waals surface area contributed by atoms with Gasteiger partial charge in [0.2, 0.25) is 0 Å². The molecule has 1 aromatic carbocycles. The maximum Gasteiger partial charge on any atom is 0.335 e. The number of hydrogen-bond donors (Lipinski definition) is 2. The molecule has 0 aliphatic heterocycles. The van der Waals surface area contributed by atoms with Crippen molar-refractivity contribution >= 4 is 11.9 Å². The number of hydrogen-bond acceptors (Lipinski definition) is 4. The van der Waals surface area contributed by atoms with Gasteiger partial charge < -0.3 is 15.2 Å². The van der Waals surface area contributed by atoms with E-state index < -0.39 is 5.97 Å². The van der Waals surface area contributed by atoms with Gasteiger partial charge in [-0.05, 0) is 49.9 Å². The van der Waals surface area contributed by atoms with E-state index in [9.17, 15) is 9.59 Å². The van der Waals surface area contributed by atoms with Crippen LogP contribution in [0.1, 0.15) is 64.8 Å². The lowest BCUT2D eigenvalue weighted by molar-refractivity contribution is 0.0696. The number of ether oxygens (including phenoxy) is 1. The molecule has 0 fully saturated rings. The monoisotopic (exact) mass is 373 g/mol. The zero-order valence-corrected chi connectivity index (χ0v) is 16.3. The molecule has 0 saturated carbocycles. The minimum absolute atomic E-state index is 0.169. The summed E-state index contributed by atoms with van der Waals surface area (Å²) in [5.41, 5.74) is 2.39. The average Bonchev–Trinajstić information content (AvgIpc) is 3.04. The predicted molar refractivity (Wildman–Crippen MR) is 103 cm³/mol. The van der Waals surface area contributed by atoms with Gasteiger partial charge in [-0.3, -0.25) is 9.48 Å². The van der Waals surface area contributed by atoms with Crippen molar-refractivity contribution in [2.75, 3.05) is 13.7 Å². The van der Waals surface area contributed by atoms with Crippen molar-refractivity contribution in [3.8, 4) is 5.75 Å². The zero-order chi connectivity index (χ0) is 20.0. The van der Waals surface area contributed by atoms with E-state index in [1.165, 1.54) is 19.2 Å². The van der Waals surface area contributed by atoms with Crippen LogP contribution in [0.5, 0.6) is 5.75 Å². The third-order valence-electron chi connectivity index (χ3n) is 4.66. The Morgan fingerprint density at radius 1 is 1.26 bits per heavy atom. The van der Waals surface area contributed by atoms with Crippen LogP contribution in [0.2, 0.25) is 0 Å². The van der Waals surface area contributed by atoms with Crippen LogP contribution >= 0.6 is 0 Å². The molecule has 0 bridgehead atoms. The second-order valence-electron chi connectivity index (χ2n) is 6.42. The van der Waals surface area contributed by atoms with E-state index >= 15 is 0 Å². The Morgan fingerprint density at radius 2 is 1.96 bits per heavy atom. The molecule has 0 radical (unpaired) electrons. The molecule has 1 heterocycles. The lowest BCUT2D eigenvalue weighted by Gasteiger charge is -2.14. The van der Waals surface area contributed by atoms with Crippen molar-refractivity contribution < 1.29 is 19.4 Å². The third kappa shape index (κ3) is 4.87. The van der Waals surface area contributed by atoms with Crippen molar-refractivity contribution in [1.29, 1.82) is 0 Å². The number of benzene rings is 1. The van der Waals surface area contributed by atoms with E-state index in [0.29, 0.717) is 30.5 Å². The first kappa shape index (κ1) is 20.5. The Bertz CT molecular complexity index is 810. The fourth-order valence-corrected chi connectivity index (χ4v) is 3.09. The Morgan fingerprint density at radius 3 is 2.56 bits per heavy atom. The van der Waals surface area contributed by atoms with Crippen molar-refractivity contribution in [2.24, 2.45) is 0 Å². The topological polar surface area (TPSA) is 93.5 Å². The van der Waals surface area contributed by atoms with Crippen molar-refractivity contribution in [2.45, 2.75) is 46.1 Å². The van der Waals surface area contributed by atoms with Crippen LogP contribution in [-0.2, 0) is 6.42 Å². The first-order valence-corrected chi connectivity index (χ1v) is 9.15. The summed E-state index contributed by atoms with van der Waals surface area (Å²) in [5.74, 6) is -0.724. The zero-order valence-electron chi connectivity index (χ0n) is 16.3. The number of carboxylic acid groups (broad SMARTS) is 1. The van der Waals surface area contributed by atoms with Gasteiger partial charge in [0.15, 0.2) is 0 Å². The number of carbonyl (C=O) groups excluding carboxylic acids is 1. The molecule has 0 atom stereocenters. The largest absolute Gasteiger partial charge is 0.496 e. The summed E-state index contributed by atoms with van der Waals surface area (Å²) < 4.78 is 7.18. The van der Waals surface area contributed by atoms with Gasteiger partial charge in [0, 0.05) is 12.2 Å². The van der Waals surface area contributed by atoms with Gasteiger partial charge in [0.1, 0.15) is 11.4 Å². The fraction of sp³-hybridized carbons (Fsp3) is 0.450. The van der Waals surface area contributed by atoms with Crippen molar-refractivity contribution in [1.82, 2.24) is 15.1 Å². The van der Waals surface area contributed by atoms with Gasteiger partial charge in [-0.15, -0.1) is 0 Å². The second kappa shape index (κ2) is 9.21. The first-order valence-electron chi connectivity index (χ1n) is 9.15. The quantitative estimate of drug-likeness (QED) is 0.704. The van der Waals surface area contributed by atoms with E-state index in [0.717, 1.165) is 24.1 Å². The molecule has 1 aromatic heterocycles. The highest BCUT2D eigenvalue weighted by Crippen LogP contribution is 2.21. The molecule has 0 saturated heterocycles. The van der Waals surface area contributed by atoms with Crippen LogP contribution in [0, 0.1) is 6.92 Å². The Balaban J connectivity index is 2.00. The molecule has 0 spiro atoms. The number of aromatic carboxylic acids is 1. The minimum atomic E-state index is -1.00. The van der Waals surface area contributed by atoms with E-state index in [1.54, 1.807) is 12.1 Å². The highest BCUT2D eigenvalue weighted by Gasteiger charge is 2.16. The highest BCUT2D eigenvalue weighted by molar-refractivity contribution is 5.92. The molecule has 7 heteroatoms. The van der Waals surface area contributed by atoms with Gasteiger partial charge in [-0.1, -0.05) is 19.9 Å². The maximum absolute atomic E-state index is 12.4. The van der Waals surface area contributed by atoms with Gasteiger partial charge in [0.05, 0.1) is 18.7 Å². The molecule has 2 N–H and O–H groups in total. The molecule has 1 amide bonds. The van der Waals surface area contributed by atoms with Crippen LogP contribution in [-0.4, -0.2) is 40.4 Å². The first-order chi connectivity index (χ1) is 12.9. The van der Waals surface area contributed by atoms with Crippen molar-refractivity contribution in [3.05, 3.63) is 46.8 Å². The molecule has 7 nitrogen and oxygen atoms in total. The number of nitrogens with zero attached hydrogens (tertiary/aromatic N) is 2. The normalized spacial score (nSPS) is 10.9. The summed E-state index contributed by atoms with van der Waals surface area (Å²) in [5, 5.41) is 16.4. The standard InChI is InChI=1S/C20H27N3O4/c1-5-16(6-2)23-13(3)11-17(22-23)19(24)21-10-9-14-7-8-15(20(25)26)12-18(14)27-4/h7-8,11-12,16H,5-6,9-10H2,1-4H3,(H,21,24)(H,25,26). The molecule has 0 unspecified atom stereocenters. The molecule has 2 rings (SSSR count). The lowest BCUT2D eigenvalue weighted by Crippen LogP contribution is -2.26. The molecular formula is C20H27N3O4. The number of rotatable bonds is 9. The molecule has 2 aromatic rings. The molecule has 27 heavy (non-hydrogen) atoms. The summed E-state index contributed by atoms with van der Waals surface area (Å²) in [4.78, 5) is 23.4. The molecule has 0 aliphatic carbocycles. The summed E-state index contributed by atoms with van der Waals surface area (Å²) in [6.45, 7) is 6.57. The average molecular weight is 373 g/mol. The Labute approximate surface area is 159 Å². The number of methoxy groups -OCH3 is 1. The van der Waals surface area contributed by atoms with E-state index in [-0.39, 0.29) is 11.5 Å². The smallest absolute Gasteiger partial charge is 0.335 e. The second-order valence-corrected chi connectivity index (χ2v) is 6.42. The molecular weight excluding hydrogens is 346 g/mol. The molecule has 146 valence electrons. The van der Waals surface area contributed by atoms with Crippen LogP contribution in [0.25, 0.3) is 0 Å². The maximum atomic E-state index is 12.4. The summed E-state index contributed by atoms with van der Waals surface area (Å²) in [6, 6.07) is 6.82. The van der Waals surface area contributed by atoms with E-state index in [1.807, 2.05) is 11.6 Å². The third-order valence-corrected chi connectivity index (χ3v) is 4.66. The fourth-order valence-electron chi connectivity index (χ4n) is 3.09. The van der Waals surface area contributed by atoms with Crippen LogP contribution < -0.4 is 10.1 Å². The van der Waals surface area contributed by atoms with E-state index in [2.05, 4.69) is 24.3 Å². The Hall–Kier alpha value is -2.83. The number of aryl methyl sites for hydroxylation is 1. The Kier molecular flexibility index (Phi) is 6.98. The predicted octanol–water partition coefficient (Wildman–Crippen LogP) is 3.23. The highest BCUT2D eigenvalue weighted by atomic mass is 16.5. The summed E-state index contributed by atoms with van der Waals surface area (Å²) in [6.07, 6.45) is 2.46. The van der Waals surface area contributed by atoms with Crippen molar-refractivity contribution in [3.63, 3.8) is 0 Å². The minimum Gasteiger partial charge on any atom is -0.496 e. The summed E-state index contributed by atoms with van der Waals surface area (Å²) in [7, 11) is 1.50. The van der Waals surface area contributed by atoms with Gasteiger partial charge in [0.25, 0.3) is 5.91 Å². The van der Waals surface area contributed by atoms with Gasteiger partial charge in [-0.2, -0.15) is 5.10 Å². The van der Waals surface area contributed by atoms with Crippen LogP contribution in [0.3, 0.4) is 0 Å². The van der Waals surface area contributed by atoms with Gasteiger partial charge >= 0.3 is 5.97 Å². The number of carboxylic acids is 1. The van der Waals surface area contributed by atoms with Gasteiger partial charge in [-0.25, -0.2) is 4.79 Å². The summed E-state index contributed by atoms with van der Waals surface area (Å²) >= 11 is 0.